The maximum atomic E-state index is 12.2. The van der Waals surface area contributed by atoms with Crippen LogP contribution in [0.25, 0.3) is 0 Å². The lowest BCUT2D eigenvalue weighted by molar-refractivity contribution is -0.126. The van der Waals surface area contributed by atoms with Crippen molar-refractivity contribution in [2.75, 3.05) is 13.6 Å². The zero-order valence-corrected chi connectivity index (χ0v) is 10.9. The summed E-state index contributed by atoms with van der Waals surface area (Å²) in [6, 6.07) is 2.63. The molecule has 6 heteroatoms. The van der Waals surface area contributed by atoms with Gasteiger partial charge in [-0.1, -0.05) is 0 Å². The van der Waals surface area contributed by atoms with Crippen LogP contribution in [-0.2, 0) is 4.79 Å². The van der Waals surface area contributed by atoms with Gasteiger partial charge in [0.25, 0.3) is 5.91 Å². The molecular formula is C12H15ClN2O3. The largest absolute Gasteiger partial charge is 0.440 e. The van der Waals surface area contributed by atoms with E-state index in [-0.39, 0.29) is 22.8 Å². The number of piperidine rings is 1. The van der Waals surface area contributed by atoms with E-state index in [2.05, 4.69) is 5.32 Å². The molecule has 1 atom stereocenters. The van der Waals surface area contributed by atoms with E-state index in [9.17, 15) is 9.59 Å². The molecule has 2 heterocycles. The Morgan fingerprint density at radius 1 is 1.44 bits per heavy atom. The molecule has 1 aromatic heterocycles. The summed E-state index contributed by atoms with van der Waals surface area (Å²) in [7, 11) is 1.57. The maximum absolute atomic E-state index is 12.2. The number of hydrogen-bond acceptors (Lipinski definition) is 3. The molecule has 2 rings (SSSR count). The number of hydrogen-bond donors (Lipinski definition) is 1. The van der Waals surface area contributed by atoms with E-state index in [1.807, 2.05) is 0 Å². The minimum absolute atomic E-state index is 0.138. The molecule has 1 saturated heterocycles. The Labute approximate surface area is 110 Å². The highest BCUT2D eigenvalue weighted by atomic mass is 35.5. The lowest BCUT2D eigenvalue weighted by Crippen LogP contribution is -2.51. The Balaban J connectivity index is 2.18. The van der Waals surface area contributed by atoms with Gasteiger partial charge < -0.3 is 14.6 Å². The van der Waals surface area contributed by atoms with Crippen LogP contribution in [-0.4, -0.2) is 36.3 Å². The van der Waals surface area contributed by atoms with E-state index in [1.54, 1.807) is 11.9 Å². The van der Waals surface area contributed by atoms with Crippen molar-refractivity contribution in [3.8, 4) is 0 Å². The third-order valence-electron chi connectivity index (χ3n) is 3.10. The van der Waals surface area contributed by atoms with Gasteiger partial charge >= 0.3 is 0 Å². The van der Waals surface area contributed by atoms with Gasteiger partial charge in [0.05, 0.1) is 0 Å². The number of nitrogens with one attached hydrogen (secondary N) is 1. The lowest BCUT2D eigenvalue weighted by Gasteiger charge is -2.33. The van der Waals surface area contributed by atoms with Gasteiger partial charge in [-0.15, -0.1) is 0 Å². The third-order valence-corrected chi connectivity index (χ3v) is 3.30. The van der Waals surface area contributed by atoms with Crippen molar-refractivity contribution in [3.63, 3.8) is 0 Å². The van der Waals surface area contributed by atoms with Crippen molar-refractivity contribution in [3.05, 3.63) is 23.1 Å². The quantitative estimate of drug-likeness (QED) is 0.889. The first-order valence-corrected chi connectivity index (χ1v) is 6.29. The smallest absolute Gasteiger partial charge is 0.290 e. The van der Waals surface area contributed by atoms with Crippen LogP contribution < -0.4 is 5.32 Å². The molecule has 1 unspecified atom stereocenters. The van der Waals surface area contributed by atoms with Crippen molar-refractivity contribution in [2.24, 2.45) is 0 Å². The Kier molecular flexibility index (Phi) is 3.91. The van der Waals surface area contributed by atoms with E-state index in [4.69, 9.17) is 16.0 Å². The molecule has 0 spiro atoms. The van der Waals surface area contributed by atoms with E-state index < -0.39 is 6.04 Å². The highest BCUT2D eigenvalue weighted by Gasteiger charge is 2.33. The molecule has 0 aliphatic carbocycles. The summed E-state index contributed by atoms with van der Waals surface area (Å²) in [4.78, 5) is 25.5. The van der Waals surface area contributed by atoms with Crippen molar-refractivity contribution in [1.29, 1.82) is 0 Å². The normalized spacial score (nSPS) is 19.7. The van der Waals surface area contributed by atoms with Gasteiger partial charge in [0, 0.05) is 13.6 Å². The highest BCUT2D eigenvalue weighted by molar-refractivity contribution is 6.29. The van der Waals surface area contributed by atoms with Gasteiger partial charge in [-0.05, 0) is 43.0 Å². The zero-order valence-electron chi connectivity index (χ0n) is 10.1. The van der Waals surface area contributed by atoms with Gasteiger partial charge in [-0.3, -0.25) is 9.59 Å². The fraction of sp³-hybridized carbons (Fsp3) is 0.500. The molecule has 2 amide bonds. The lowest BCUT2D eigenvalue weighted by atomic mass is 10.0. The molecule has 0 aromatic carbocycles. The number of furan rings is 1. The zero-order chi connectivity index (χ0) is 13.1. The Hall–Kier alpha value is -1.49. The summed E-state index contributed by atoms with van der Waals surface area (Å²) in [5, 5.41) is 2.76. The van der Waals surface area contributed by atoms with Crippen LogP contribution in [0.15, 0.2) is 16.5 Å². The molecule has 1 aliphatic heterocycles. The van der Waals surface area contributed by atoms with Crippen LogP contribution in [0.5, 0.6) is 0 Å². The Morgan fingerprint density at radius 3 is 2.83 bits per heavy atom. The standard InChI is InChI=1S/C12H15ClN2O3/c1-14-11(16)8-4-2-3-7-15(8)12(17)9-5-6-10(13)18-9/h5-6,8H,2-4,7H2,1H3,(H,14,16). The molecule has 1 N–H and O–H groups in total. The summed E-state index contributed by atoms with van der Waals surface area (Å²) < 4.78 is 5.10. The van der Waals surface area contributed by atoms with Gasteiger partial charge in [0.15, 0.2) is 11.0 Å². The van der Waals surface area contributed by atoms with Crippen LogP contribution in [0.1, 0.15) is 29.8 Å². The fourth-order valence-electron chi connectivity index (χ4n) is 2.18. The number of likely N-dealkylation sites (N-methyl/N-ethyl adjacent to an activating group) is 1. The summed E-state index contributed by atoms with van der Waals surface area (Å²) >= 11 is 5.65. The fourth-order valence-corrected chi connectivity index (χ4v) is 2.33. The molecule has 0 bridgehead atoms. The van der Waals surface area contributed by atoms with Gasteiger partial charge in [0.1, 0.15) is 6.04 Å². The summed E-state index contributed by atoms with van der Waals surface area (Å²) in [6.45, 7) is 0.565. The molecule has 98 valence electrons. The van der Waals surface area contributed by atoms with E-state index in [0.29, 0.717) is 13.0 Å². The molecule has 1 aliphatic rings. The van der Waals surface area contributed by atoms with Crippen LogP contribution in [0.2, 0.25) is 5.22 Å². The van der Waals surface area contributed by atoms with Crippen LogP contribution in [0.3, 0.4) is 0 Å². The van der Waals surface area contributed by atoms with Gasteiger partial charge in [0.2, 0.25) is 5.91 Å². The predicted octanol–water partition coefficient (Wildman–Crippen LogP) is 1.67. The van der Waals surface area contributed by atoms with Gasteiger partial charge in [-0.25, -0.2) is 0 Å². The van der Waals surface area contributed by atoms with Crippen molar-refractivity contribution < 1.29 is 14.0 Å². The predicted molar refractivity (Wildman–Crippen MR) is 66.5 cm³/mol. The average molecular weight is 271 g/mol. The number of carbonyl (C=O) groups excluding carboxylic acids is 2. The number of halogens is 1. The monoisotopic (exact) mass is 270 g/mol. The second-order valence-electron chi connectivity index (χ2n) is 4.23. The first-order valence-electron chi connectivity index (χ1n) is 5.91. The van der Waals surface area contributed by atoms with E-state index in [1.165, 1.54) is 12.1 Å². The first-order chi connectivity index (χ1) is 8.63. The van der Waals surface area contributed by atoms with Crippen LogP contribution >= 0.6 is 11.6 Å². The summed E-state index contributed by atoms with van der Waals surface area (Å²) in [5.41, 5.74) is 0. The molecule has 18 heavy (non-hydrogen) atoms. The van der Waals surface area contributed by atoms with Crippen LogP contribution in [0.4, 0.5) is 0 Å². The number of amides is 2. The number of rotatable bonds is 2. The number of likely N-dealkylation sites (tertiary alicyclic amines) is 1. The third kappa shape index (κ3) is 2.51. The second kappa shape index (κ2) is 5.44. The topological polar surface area (TPSA) is 62.6 Å². The summed E-state index contributed by atoms with van der Waals surface area (Å²) in [6.07, 6.45) is 2.52. The minimum Gasteiger partial charge on any atom is -0.440 e. The maximum Gasteiger partial charge on any atom is 0.290 e. The summed E-state index contributed by atoms with van der Waals surface area (Å²) in [5.74, 6) is -0.244. The number of nitrogens with zero attached hydrogens (tertiary/aromatic N) is 1. The minimum atomic E-state index is -0.417. The SMILES string of the molecule is CNC(=O)C1CCCCN1C(=O)c1ccc(Cl)o1. The number of carbonyl (C=O) groups is 2. The Morgan fingerprint density at radius 2 is 2.22 bits per heavy atom. The molecule has 0 saturated carbocycles. The highest BCUT2D eigenvalue weighted by Crippen LogP contribution is 2.22. The molecule has 1 fully saturated rings. The molecule has 1 aromatic rings. The molecular weight excluding hydrogens is 256 g/mol. The average Bonchev–Trinajstić information content (AvgIpc) is 2.83. The molecule has 0 radical (unpaired) electrons. The Bertz CT molecular complexity index is 458. The first kappa shape index (κ1) is 13.0. The van der Waals surface area contributed by atoms with Gasteiger partial charge in [-0.2, -0.15) is 0 Å². The second-order valence-corrected chi connectivity index (χ2v) is 4.60. The van der Waals surface area contributed by atoms with E-state index >= 15 is 0 Å². The van der Waals surface area contributed by atoms with E-state index in [0.717, 1.165) is 12.8 Å². The molecule has 5 nitrogen and oxygen atoms in total. The van der Waals surface area contributed by atoms with Crippen LogP contribution in [0, 0.1) is 0 Å². The van der Waals surface area contributed by atoms with Crippen molar-refractivity contribution >= 4 is 23.4 Å². The van der Waals surface area contributed by atoms with Crippen molar-refractivity contribution in [1.82, 2.24) is 10.2 Å². The van der Waals surface area contributed by atoms with Crippen molar-refractivity contribution in [2.45, 2.75) is 25.3 Å².